The zero-order chi connectivity index (χ0) is 14.1. The lowest BCUT2D eigenvalue weighted by atomic mass is 9.97. The standard InChI is InChI=1S/C15H11ClN2O2/c16-12-7-5-10(6-8-12)15-14(18(19)20)9-11-3-1-2-4-13(11)17-15/h1-9,14-15H. The fraction of sp³-hybridized carbons (Fsp3) is 0.133. The Kier molecular flexibility index (Phi) is 3.24. The number of nitro groups is 1. The highest BCUT2D eigenvalue weighted by Gasteiger charge is 2.32. The van der Waals surface area contributed by atoms with Crippen LogP contribution in [-0.4, -0.2) is 11.0 Å². The quantitative estimate of drug-likeness (QED) is 0.627. The number of benzene rings is 2. The number of para-hydroxylation sites is 1. The van der Waals surface area contributed by atoms with Crippen LogP contribution in [0.15, 0.2) is 53.5 Å². The van der Waals surface area contributed by atoms with Gasteiger partial charge in [0, 0.05) is 21.2 Å². The second-order valence-electron chi connectivity index (χ2n) is 4.63. The minimum absolute atomic E-state index is 0.293. The molecular weight excluding hydrogens is 276 g/mol. The molecule has 1 aliphatic rings. The SMILES string of the molecule is O=[N+]([O-])C1C=c2ccccc2=NC1c1ccc(Cl)cc1. The second kappa shape index (κ2) is 5.06. The molecule has 0 radical (unpaired) electrons. The third kappa shape index (κ3) is 2.30. The monoisotopic (exact) mass is 286 g/mol. The molecule has 0 saturated carbocycles. The molecule has 3 rings (SSSR count). The number of fused-ring (bicyclic) bond motifs is 1. The van der Waals surface area contributed by atoms with Crippen molar-refractivity contribution >= 4 is 17.7 Å². The summed E-state index contributed by atoms with van der Waals surface area (Å²) in [5, 5.41) is 13.5. The number of nitrogens with zero attached hydrogens (tertiary/aromatic N) is 2. The molecule has 1 heterocycles. The highest BCUT2D eigenvalue weighted by atomic mass is 35.5. The number of halogens is 1. The maximum Gasteiger partial charge on any atom is 0.258 e. The molecular formula is C15H11ClN2O2. The molecule has 2 atom stereocenters. The molecule has 20 heavy (non-hydrogen) atoms. The van der Waals surface area contributed by atoms with Gasteiger partial charge in [0.1, 0.15) is 6.04 Å². The molecule has 2 aromatic rings. The van der Waals surface area contributed by atoms with Crippen LogP contribution in [0.5, 0.6) is 0 Å². The van der Waals surface area contributed by atoms with Gasteiger partial charge < -0.3 is 0 Å². The van der Waals surface area contributed by atoms with Crippen LogP contribution in [0.1, 0.15) is 11.6 Å². The van der Waals surface area contributed by atoms with Gasteiger partial charge in [0.15, 0.2) is 0 Å². The summed E-state index contributed by atoms with van der Waals surface area (Å²) in [4.78, 5) is 15.5. The first-order valence-corrected chi connectivity index (χ1v) is 6.56. The number of hydrogen-bond acceptors (Lipinski definition) is 3. The van der Waals surface area contributed by atoms with Crippen molar-refractivity contribution in [1.82, 2.24) is 0 Å². The first-order valence-electron chi connectivity index (χ1n) is 6.19. The van der Waals surface area contributed by atoms with Gasteiger partial charge in [0.05, 0.1) is 5.36 Å². The summed E-state index contributed by atoms with van der Waals surface area (Å²) in [6.45, 7) is 0. The van der Waals surface area contributed by atoms with E-state index in [2.05, 4.69) is 4.99 Å². The summed E-state index contributed by atoms with van der Waals surface area (Å²) in [5.74, 6) is 0. The molecule has 0 spiro atoms. The Bertz CT molecular complexity index is 771. The molecule has 0 aromatic heterocycles. The van der Waals surface area contributed by atoms with Crippen LogP contribution in [0.3, 0.4) is 0 Å². The summed E-state index contributed by atoms with van der Waals surface area (Å²) < 4.78 is 0. The lowest BCUT2D eigenvalue weighted by Gasteiger charge is -2.18. The van der Waals surface area contributed by atoms with E-state index in [4.69, 9.17) is 11.6 Å². The Hall–Kier alpha value is -2.20. The van der Waals surface area contributed by atoms with E-state index < -0.39 is 12.1 Å². The number of hydrogen-bond donors (Lipinski definition) is 0. The van der Waals surface area contributed by atoms with Crippen molar-refractivity contribution in [3.63, 3.8) is 0 Å². The molecule has 100 valence electrons. The highest BCUT2D eigenvalue weighted by molar-refractivity contribution is 6.30. The molecule has 0 aliphatic carbocycles. The topological polar surface area (TPSA) is 55.5 Å². The minimum atomic E-state index is -0.855. The van der Waals surface area contributed by atoms with Gasteiger partial charge in [0.25, 0.3) is 6.04 Å². The van der Waals surface area contributed by atoms with Crippen LogP contribution >= 0.6 is 11.6 Å². The van der Waals surface area contributed by atoms with Gasteiger partial charge in [-0.2, -0.15) is 0 Å². The van der Waals surface area contributed by atoms with Crippen LogP contribution in [0.4, 0.5) is 0 Å². The predicted octanol–water partition coefficient (Wildman–Crippen LogP) is 2.14. The maximum atomic E-state index is 11.3. The van der Waals surface area contributed by atoms with Crippen LogP contribution in [-0.2, 0) is 0 Å². The van der Waals surface area contributed by atoms with E-state index in [1.54, 1.807) is 30.3 Å². The smallest absolute Gasteiger partial charge is 0.258 e. The van der Waals surface area contributed by atoms with Crippen LogP contribution < -0.4 is 10.6 Å². The van der Waals surface area contributed by atoms with Crippen LogP contribution in [0, 0.1) is 10.1 Å². The van der Waals surface area contributed by atoms with Crippen molar-refractivity contribution in [2.45, 2.75) is 12.1 Å². The van der Waals surface area contributed by atoms with Crippen LogP contribution in [0.25, 0.3) is 6.08 Å². The van der Waals surface area contributed by atoms with Gasteiger partial charge in [0.2, 0.25) is 0 Å². The molecule has 0 saturated heterocycles. The van der Waals surface area contributed by atoms with Gasteiger partial charge >= 0.3 is 0 Å². The third-order valence-corrected chi connectivity index (χ3v) is 3.60. The molecule has 2 aromatic carbocycles. The average Bonchev–Trinajstić information content (AvgIpc) is 2.46. The fourth-order valence-electron chi connectivity index (χ4n) is 2.36. The summed E-state index contributed by atoms with van der Waals surface area (Å²) in [6, 6.07) is 13.1. The van der Waals surface area contributed by atoms with E-state index >= 15 is 0 Å². The molecule has 5 heteroatoms. The van der Waals surface area contributed by atoms with Crippen LogP contribution in [0.2, 0.25) is 5.02 Å². The van der Waals surface area contributed by atoms with Crippen molar-refractivity contribution in [3.8, 4) is 0 Å². The van der Waals surface area contributed by atoms with E-state index in [-0.39, 0.29) is 4.92 Å². The van der Waals surface area contributed by atoms with E-state index in [9.17, 15) is 10.1 Å². The molecule has 2 unspecified atom stereocenters. The van der Waals surface area contributed by atoms with Gasteiger partial charge in [-0.3, -0.25) is 15.1 Å². The van der Waals surface area contributed by atoms with Crippen molar-refractivity contribution in [3.05, 3.63) is 79.8 Å². The zero-order valence-electron chi connectivity index (χ0n) is 10.4. The first-order chi connectivity index (χ1) is 9.65. The Balaban J connectivity index is 2.15. The molecule has 0 amide bonds. The van der Waals surface area contributed by atoms with E-state index in [0.717, 1.165) is 16.1 Å². The van der Waals surface area contributed by atoms with Gasteiger partial charge in [-0.25, -0.2) is 0 Å². The Morgan fingerprint density at radius 1 is 1.10 bits per heavy atom. The van der Waals surface area contributed by atoms with E-state index in [1.165, 1.54) is 0 Å². The molecule has 0 bridgehead atoms. The number of rotatable bonds is 2. The molecule has 4 nitrogen and oxygen atoms in total. The van der Waals surface area contributed by atoms with Gasteiger partial charge in [-0.1, -0.05) is 41.9 Å². The summed E-state index contributed by atoms with van der Waals surface area (Å²) in [6.07, 6.45) is 1.67. The van der Waals surface area contributed by atoms with Crippen molar-refractivity contribution in [1.29, 1.82) is 0 Å². The fourth-order valence-corrected chi connectivity index (χ4v) is 2.48. The summed E-state index contributed by atoms with van der Waals surface area (Å²) >= 11 is 5.86. The molecule has 0 fully saturated rings. The van der Waals surface area contributed by atoms with Crippen molar-refractivity contribution < 1.29 is 4.92 Å². The van der Waals surface area contributed by atoms with Gasteiger partial charge in [-0.05, 0) is 23.8 Å². The van der Waals surface area contributed by atoms with Gasteiger partial charge in [-0.15, -0.1) is 0 Å². The maximum absolute atomic E-state index is 11.3. The van der Waals surface area contributed by atoms with E-state index in [1.807, 2.05) is 24.3 Å². The third-order valence-electron chi connectivity index (χ3n) is 3.34. The first kappa shape index (κ1) is 12.8. The Labute approximate surface area is 120 Å². The zero-order valence-corrected chi connectivity index (χ0v) is 11.2. The molecule has 1 aliphatic heterocycles. The summed E-state index contributed by atoms with van der Waals surface area (Å²) in [5.41, 5.74) is 0.793. The lowest BCUT2D eigenvalue weighted by molar-refractivity contribution is -0.508. The highest BCUT2D eigenvalue weighted by Crippen LogP contribution is 2.26. The Morgan fingerprint density at radius 3 is 2.50 bits per heavy atom. The normalized spacial score (nSPS) is 20.4. The second-order valence-corrected chi connectivity index (χ2v) is 5.06. The predicted molar refractivity (Wildman–Crippen MR) is 76.7 cm³/mol. The Morgan fingerprint density at radius 2 is 1.80 bits per heavy atom. The van der Waals surface area contributed by atoms with Crippen molar-refractivity contribution in [2.75, 3.05) is 0 Å². The largest absolute Gasteiger partial charge is 0.269 e. The molecule has 0 N–H and O–H groups in total. The minimum Gasteiger partial charge on any atom is -0.269 e. The van der Waals surface area contributed by atoms with Crippen molar-refractivity contribution in [2.24, 2.45) is 4.99 Å². The van der Waals surface area contributed by atoms with E-state index in [0.29, 0.717) is 5.02 Å². The summed E-state index contributed by atoms with van der Waals surface area (Å²) in [7, 11) is 0. The lowest BCUT2D eigenvalue weighted by Crippen LogP contribution is -2.38. The average molecular weight is 287 g/mol.